The Balaban J connectivity index is 1.69. The Labute approximate surface area is 162 Å². The molecule has 1 amide bonds. The summed E-state index contributed by atoms with van der Waals surface area (Å²) >= 11 is 3.42. The van der Waals surface area contributed by atoms with Crippen LogP contribution in [0.5, 0.6) is 0 Å². The van der Waals surface area contributed by atoms with Crippen LogP contribution in [0.15, 0.2) is 33.3 Å². The highest BCUT2D eigenvalue weighted by molar-refractivity contribution is 9.10. The van der Waals surface area contributed by atoms with Gasteiger partial charge in [0, 0.05) is 23.0 Å². The predicted molar refractivity (Wildman–Crippen MR) is 103 cm³/mol. The van der Waals surface area contributed by atoms with Gasteiger partial charge in [0.1, 0.15) is 6.04 Å². The second kappa shape index (κ2) is 9.28. The molecule has 2 heterocycles. The number of likely N-dealkylation sites (tertiary alicyclic amines) is 1. The molecule has 1 atom stereocenters. The van der Waals surface area contributed by atoms with Crippen molar-refractivity contribution in [2.24, 2.45) is 5.73 Å². The van der Waals surface area contributed by atoms with Crippen LogP contribution < -0.4 is 5.73 Å². The number of hydrogen-bond donors (Lipinski definition) is 1. The van der Waals surface area contributed by atoms with Crippen LogP contribution in [-0.4, -0.2) is 34.0 Å². The summed E-state index contributed by atoms with van der Waals surface area (Å²) < 4.78 is 6.53. The van der Waals surface area contributed by atoms with Crippen LogP contribution in [0.3, 0.4) is 0 Å². The van der Waals surface area contributed by atoms with E-state index < -0.39 is 0 Å². The number of benzene rings is 1. The van der Waals surface area contributed by atoms with Crippen LogP contribution in [0, 0.1) is 0 Å². The molecule has 1 aromatic carbocycles. The topological polar surface area (TPSA) is 85.3 Å². The molecule has 0 unspecified atom stereocenters. The Bertz CT molecular complexity index is 717. The van der Waals surface area contributed by atoms with E-state index in [0.717, 1.165) is 55.1 Å². The summed E-state index contributed by atoms with van der Waals surface area (Å²) in [5, 5.41) is 4.12. The molecule has 7 heteroatoms. The smallest absolute Gasteiger partial charge is 0.249 e. The van der Waals surface area contributed by atoms with Crippen molar-refractivity contribution in [2.45, 2.75) is 51.0 Å². The molecule has 0 spiro atoms. The highest BCUT2D eigenvalue weighted by Gasteiger charge is 2.31. The number of amides is 1. The van der Waals surface area contributed by atoms with Gasteiger partial charge in [0.2, 0.25) is 17.6 Å². The maximum absolute atomic E-state index is 12.7. The van der Waals surface area contributed by atoms with Crippen molar-refractivity contribution in [2.75, 3.05) is 13.1 Å². The molecule has 140 valence electrons. The van der Waals surface area contributed by atoms with Gasteiger partial charge in [-0.05, 0) is 62.9 Å². The maximum Gasteiger partial charge on any atom is 0.249 e. The first-order valence-corrected chi connectivity index (χ1v) is 10.1. The highest BCUT2D eigenvalue weighted by Crippen LogP contribution is 2.32. The third kappa shape index (κ3) is 4.71. The number of nitrogens with two attached hydrogens (primary N) is 1. The van der Waals surface area contributed by atoms with E-state index in [-0.39, 0.29) is 11.9 Å². The zero-order valence-electron chi connectivity index (χ0n) is 14.9. The maximum atomic E-state index is 12.7. The van der Waals surface area contributed by atoms with Crippen molar-refractivity contribution < 1.29 is 9.32 Å². The number of carbonyl (C=O) groups is 1. The van der Waals surface area contributed by atoms with Gasteiger partial charge in [0.25, 0.3) is 0 Å². The van der Waals surface area contributed by atoms with Crippen LogP contribution in [-0.2, 0) is 4.79 Å². The lowest BCUT2D eigenvalue weighted by Crippen LogP contribution is -2.38. The fourth-order valence-electron chi connectivity index (χ4n) is 3.31. The first-order valence-electron chi connectivity index (χ1n) is 9.28. The molecule has 1 aliphatic heterocycles. The van der Waals surface area contributed by atoms with Crippen molar-refractivity contribution in [1.29, 1.82) is 0 Å². The van der Waals surface area contributed by atoms with Crippen molar-refractivity contribution in [3.63, 3.8) is 0 Å². The number of nitrogens with zero attached hydrogens (tertiary/aromatic N) is 3. The van der Waals surface area contributed by atoms with Gasteiger partial charge in [-0.25, -0.2) is 0 Å². The van der Waals surface area contributed by atoms with Gasteiger partial charge in [0.15, 0.2) is 0 Å². The highest BCUT2D eigenvalue weighted by atomic mass is 79.9. The van der Waals surface area contributed by atoms with Gasteiger partial charge in [0.05, 0.1) is 0 Å². The fraction of sp³-hybridized carbons (Fsp3) is 0.526. The molecule has 3 rings (SSSR count). The molecular weight excluding hydrogens is 396 g/mol. The lowest BCUT2D eigenvalue weighted by molar-refractivity contribution is -0.135. The number of rotatable bonds is 7. The summed E-state index contributed by atoms with van der Waals surface area (Å²) in [5.74, 6) is 1.28. The summed E-state index contributed by atoms with van der Waals surface area (Å²) in [6.07, 6.45) is 6.37. The standard InChI is InChI=1S/C19H25BrN4O2/c20-15-10-8-14(9-11-15)18-22-19(26-23-18)16-6-3-5-13-24(16)17(25)7-2-1-4-12-21/h8-11,16H,1-7,12-13,21H2/t16-/m0/s1. The molecule has 2 aromatic rings. The van der Waals surface area contributed by atoms with Gasteiger partial charge in [-0.1, -0.05) is 27.5 Å². The van der Waals surface area contributed by atoms with E-state index in [9.17, 15) is 4.79 Å². The van der Waals surface area contributed by atoms with E-state index in [2.05, 4.69) is 26.1 Å². The minimum absolute atomic E-state index is 0.109. The van der Waals surface area contributed by atoms with Gasteiger partial charge in [-0.3, -0.25) is 4.79 Å². The lowest BCUT2D eigenvalue weighted by atomic mass is 10.0. The van der Waals surface area contributed by atoms with E-state index in [1.807, 2.05) is 29.2 Å². The molecule has 1 aromatic heterocycles. The van der Waals surface area contributed by atoms with Crippen LogP contribution in [0.2, 0.25) is 0 Å². The molecule has 6 nitrogen and oxygen atoms in total. The quantitative estimate of drug-likeness (QED) is 0.682. The molecule has 2 N–H and O–H groups in total. The van der Waals surface area contributed by atoms with E-state index in [1.165, 1.54) is 0 Å². The Hall–Kier alpha value is -1.73. The summed E-state index contributed by atoms with van der Waals surface area (Å²) in [6, 6.07) is 7.68. The van der Waals surface area contributed by atoms with Crippen molar-refractivity contribution in [3.05, 3.63) is 34.6 Å². The number of carbonyl (C=O) groups excluding carboxylic acids is 1. The molecule has 0 saturated carbocycles. The zero-order chi connectivity index (χ0) is 18.4. The first-order chi connectivity index (χ1) is 12.7. The van der Waals surface area contributed by atoms with Gasteiger partial charge in [-0.15, -0.1) is 0 Å². The summed E-state index contributed by atoms with van der Waals surface area (Å²) in [7, 11) is 0. The van der Waals surface area contributed by atoms with E-state index in [4.69, 9.17) is 10.3 Å². The third-order valence-corrected chi connectivity index (χ3v) is 5.28. The SMILES string of the molecule is NCCCCCC(=O)N1CCCC[C@H]1c1nc(-c2ccc(Br)cc2)no1. The van der Waals surface area contributed by atoms with Crippen LogP contribution in [0.4, 0.5) is 0 Å². The molecule has 1 aliphatic rings. The van der Waals surface area contributed by atoms with Crippen molar-refractivity contribution in [3.8, 4) is 11.4 Å². The number of unbranched alkanes of at least 4 members (excludes halogenated alkanes) is 2. The van der Waals surface area contributed by atoms with E-state index in [1.54, 1.807) is 0 Å². The summed E-state index contributed by atoms with van der Waals surface area (Å²) in [5.41, 5.74) is 6.42. The molecule has 26 heavy (non-hydrogen) atoms. The minimum atomic E-state index is -0.109. The fourth-order valence-corrected chi connectivity index (χ4v) is 3.58. The number of halogens is 1. The minimum Gasteiger partial charge on any atom is -0.337 e. The largest absolute Gasteiger partial charge is 0.337 e. The molecule has 0 bridgehead atoms. The number of hydrogen-bond acceptors (Lipinski definition) is 5. The summed E-state index contributed by atoms with van der Waals surface area (Å²) in [4.78, 5) is 19.2. The predicted octanol–water partition coefficient (Wildman–Crippen LogP) is 4.07. The Morgan fingerprint density at radius 3 is 2.81 bits per heavy atom. The Morgan fingerprint density at radius 1 is 1.23 bits per heavy atom. The Morgan fingerprint density at radius 2 is 2.04 bits per heavy atom. The zero-order valence-corrected chi connectivity index (χ0v) is 16.5. The lowest BCUT2D eigenvalue weighted by Gasteiger charge is -2.33. The summed E-state index contributed by atoms with van der Waals surface area (Å²) in [6.45, 7) is 1.44. The molecule has 0 radical (unpaired) electrons. The average molecular weight is 421 g/mol. The monoisotopic (exact) mass is 420 g/mol. The second-order valence-electron chi connectivity index (χ2n) is 6.66. The molecule has 1 saturated heterocycles. The van der Waals surface area contributed by atoms with Crippen molar-refractivity contribution >= 4 is 21.8 Å². The molecule has 1 fully saturated rings. The van der Waals surface area contributed by atoms with Crippen LogP contribution >= 0.6 is 15.9 Å². The number of piperidine rings is 1. The number of aromatic nitrogens is 2. The van der Waals surface area contributed by atoms with Crippen molar-refractivity contribution in [1.82, 2.24) is 15.0 Å². The van der Waals surface area contributed by atoms with Gasteiger partial charge in [-0.2, -0.15) is 4.98 Å². The van der Waals surface area contributed by atoms with Crippen LogP contribution in [0.1, 0.15) is 56.9 Å². The normalized spacial score (nSPS) is 17.5. The van der Waals surface area contributed by atoms with Gasteiger partial charge >= 0.3 is 0 Å². The Kier molecular flexibility index (Phi) is 6.80. The third-order valence-electron chi connectivity index (χ3n) is 4.75. The van der Waals surface area contributed by atoms with E-state index >= 15 is 0 Å². The molecule has 0 aliphatic carbocycles. The first kappa shape index (κ1) is 19.0. The van der Waals surface area contributed by atoms with E-state index in [0.29, 0.717) is 24.7 Å². The second-order valence-corrected chi connectivity index (χ2v) is 7.58. The van der Waals surface area contributed by atoms with Gasteiger partial charge < -0.3 is 15.2 Å². The van der Waals surface area contributed by atoms with Crippen LogP contribution in [0.25, 0.3) is 11.4 Å². The average Bonchev–Trinajstić information content (AvgIpc) is 3.16. The molecular formula is C19H25BrN4O2.